The second kappa shape index (κ2) is 21.9. The highest BCUT2D eigenvalue weighted by Crippen LogP contribution is 2.44. The van der Waals surface area contributed by atoms with Gasteiger partial charge in [-0.1, -0.05) is 114 Å². The minimum Gasteiger partial charge on any atom is -0.326 e. The molecule has 0 saturated carbocycles. The summed E-state index contributed by atoms with van der Waals surface area (Å²) in [6.45, 7) is 18.5. The van der Waals surface area contributed by atoms with E-state index in [4.69, 9.17) is 9.05 Å². The van der Waals surface area contributed by atoms with E-state index in [1.165, 1.54) is 0 Å². The molecule has 302 valence electrons. The lowest BCUT2D eigenvalue weighted by Crippen LogP contribution is -2.63. The third-order valence-electron chi connectivity index (χ3n) is 9.17. The molecule has 0 aromatic heterocycles. The van der Waals surface area contributed by atoms with Gasteiger partial charge in [-0.2, -0.15) is 0 Å². The van der Waals surface area contributed by atoms with E-state index < -0.39 is 79.3 Å². The topological polar surface area (TPSA) is 176 Å². The van der Waals surface area contributed by atoms with E-state index in [9.17, 15) is 23.7 Å². The Kier molecular flexibility index (Phi) is 19.2. The van der Waals surface area contributed by atoms with Gasteiger partial charge in [-0.15, -0.1) is 0 Å². The Morgan fingerprint density at radius 3 is 1.15 bits per heavy atom. The van der Waals surface area contributed by atoms with Gasteiger partial charge in [0.2, 0.25) is 11.8 Å². The van der Waals surface area contributed by atoms with Crippen molar-refractivity contribution in [1.29, 1.82) is 0 Å². The standard InChI is InChI=1S/C38H59Br2N6O7P/c1-11-13-31(43-35(49)41-29-19-15-27(39)16-20-29)33(47)45-37(23(3)4,24(5)6)52-54(51)53-38(25(7)8,26(9)10)46-34(48)32(14-12-2)44-36(50)42-30-21-17-28(40)18-22-30/h15-26,31-32,54H,11-14H2,1-10H3,(H,45,47)(H,46,48)(H2,41,43,49)(H2,42,44,50)/t31-,32-/m0/s1. The fourth-order valence-electron chi connectivity index (χ4n) is 6.12. The summed E-state index contributed by atoms with van der Waals surface area (Å²) in [6, 6.07) is 11.1. The summed E-state index contributed by atoms with van der Waals surface area (Å²) in [5.74, 6) is -2.63. The Hall–Kier alpha value is -2.97. The van der Waals surface area contributed by atoms with Crippen LogP contribution in [0.4, 0.5) is 21.0 Å². The monoisotopic (exact) mass is 900 g/mol. The van der Waals surface area contributed by atoms with E-state index in [1.54, 1.807) is 48.5 Å². The number of hydrogen-bond acceptors (Lipinski definition) is 7. The molecule has 0 radical (unpaired) electrons. The summed E-state index contributed by atoms with van der Waals surface area (Å²) in [6.07, 6.45) is 1.86. The van der Waals surface area contributed by atoms with Gasteiger partial charge in [0.1, 0.15) is 12.1 Å². The van der Waals surface area contributed by atoms with E-state index in [1.807, 2.05) is 69.2 Å². The van der Waals surface area contributed by atoms with Crippen LogP contribution in [0.25, 0.3) is 0 Å². The average molecular weight is 903 g/mol. The fraction of sp³-hybridized carbons (Fsp3) is 0.579. The Bertz CT molecular complexity index is 1430. The van der Waals surface area contributed by atoms with Crippen molar-refractivity contribution in [3.05, 3.63) is 57.5 Å². The smallest absolute Gasteiger partial charge is 0.323 e. The number of benzene rings is 2. The highest BCUT2D eigenvalue weighted by atomic mass is 79.9. The van der Waals surface area contributed by atoms with Gasteiger partial charge < -0.3 is 31.9 Å². The maximum atomic E-state index is 14.1. The van der Waals surface area contributed by atoms with Crippen molar-refractivity contribution < 1.29 is 32.8 Å². The number of carbonyl (C=O) groups excluding carboxylic acids is 4. The number of halogens is 2. The zero-order valence-electron chi connectivity index (χ0n) is 33.0. The predicted molar refractivity (Wildman–Crippen MR) is 222 cm³/mol. The van der Waals surface area contributed by atoms with Gasteiger partial charge >= 0.3 is 20.3 Å². The van der Waals surface area contributed by atoms with Crippen LogP contribution in [0.3, 0.4) is 0 Å². The van der Waals surface area contributed by atoms with Gasteiger partial charge in [0.05, 0.1) is 0 Å². The summed E-state index contributed by atoms with van der Waals surface area (Å²) in [4.78, 5) is 53.7. The molecule has 54 heavy (non-hydrogen) atoms. The Morgan fingerprint density at radius 2 is 0.889 bits per heavy atom. The molecule has 13 nitrogen and oxygen atoms in total. The summed E-state index contributed by atoms with van der Waals surface area (Å²) in [7, 11) is -3.46. The summed E-state index contributed by atoms with van der Waals surface area (Å²) >= 11 is 6.74. The molecule has 2 atom stereocenters. The van der Waals surface area contributed by atoms with Crippen LogP contribution in [-0.4, -0.2) is 47.4 Å². The maximum absolute atomic E-state index is 14.1. The molecule has 0 unspecified atom stereocenters. The summed E-state index contributed by atoms with van der Waals surface area (Å²) in [5.41, 5.74) is -1.86. The van der Waals surface area contributed by atoms with Crippen LogP contribution in [0.2, 0.25) is 0 Å². The number of nitrogens with one attached hydrogen (secondary N) is 6. The van der Waals surface area contributed by atoms with Crippen LogP contribution in [-0.2, 0) is 23.2 Å². The fourth-order valence-corrected chi connectivity index (χ4v) is 8.29. The molecule has 0 saturated heterocycles. The minimum atomic E-state index is -3.46. The largest absolute Gasteiger partial charge is 0.326 e. The number of urea groups is 2. The quantitative estimate of drug-likeness (QED) is 0.0567. The van der Waals surface area contributed by atoms with Crippen molar-refractivity contribution in [2.24, 2.45) is 23.7 Å². The molecule has 2 aromatic rings. The Balaban J connectivity index is 2.31. The second-order valence-electron chi connectivity index (χ2n) is 14.5. The number of hydrogen-bond donors (Lipinski definition) is 6. The van der Waals surface area contributed by atoms with Gasteiger partial charge in [0.25, 0.3) is 0 Å². The van der Waals surface area contributed by atoms with Gasteiger partial charge in [0, 0.05) is 44.0 Å². The van der Waals surface area contributed by atoms with Crippen LogP contribution >= 0.6 is 40.1 Å². The van der Waals surface area contributed by atoms with E-state index in [0.29, 0.717) is 37.1 Å². The van der Waals surface area contributed by atoms with Crippen LogP contribution in [0.5, 0.6) is 0 Å². The molecule has 0 heterocycles. The average Bonchev–Trinajstić information content (AvgIpc) is 3.08. The molecule has 2 rings (SSSR count). The molecule has 6 amide bonds. The lowest BCUT2D eigenvalue weighted by molar-refractivity contribution is -0.142. The first-order chi connectivity index (χ1) is 25.3. The second-order valence-corrected chi connectivity index (χ2v) is 17.3. The molecule has 0 spiro atoms. The Labute approximate surface area is 338 Å². The Morgan fingerprint density at radius 1 is 0.593 bits per heavy atom. The van der Waals surface area contributed by atoms with Gasteiger partial charge in [-0.3, -0.25) is 23.2 Å². The van der Waals surface area contributed by atoms with E-state index >= 15 is 0 Å². The summed E-state index contributed by atoms with van der Waals surface area (Å²) in [5, 5.41) is 17.0. The first-order valence-electron chi connectivity index (χ1n) is 18.5. The zero-order valence-corrected chi connectivity index (χ0v) is 37.2. The highest BCUT2D eigenvalue weighted by Gasteiger charge is 2.47. The molecule has 16 heteroatoms. The van der Waals surface area contributed by atoms with Crippen molar-refractivity contribution in [1.82, 2.24) is 21.3 Å². The third kappa shape index (κ3) is 13.6. The van der Waals surface area contributed by atoms with Gasteiger partial charge in [-0.05, 0) is 61.4 Å². The molecule has 0 bridgehead atoms. The van der Waals surface area contributed by atoms with Crippen LogP contribution in [0.15, 0.2) is 57.5 Å². The van der Waals surface area contributed by atoms with E-state index in [0.717, 1.165) is 8.95 Å². The minimum absolute atomic E-state index is 0.335. The molecule has 6 N–H and O–H groups in total. The molecule has 0 aliphatic carbocycles. The summed E-state index contributed by atoms with van der Waals surface area (Å²) < 4.78 is 28.4. The molecular weight excluding hydrogens is 843 g/mol. The van der Waals surface area contributed by atoms with Crippen molar-refractivity contribution in [3.63, 3.8) is 0 Å². The lowest BCUT2D eigenvalue weighted by Gasteiger charge is -2.45. The van der Waals surface area contributed by atoms with Crippen molar-refractivity contribution in [3.8, 4) is 0 Å². The molecule has 2 aromatic carbocycles. The van der Waals surface area contributed by atoms with Crippen LogP contribution < -0.4 is 31.9 Å². The van der Waals surface area contributed by atoms with Crippen molar-refractivity contribution in [2.75, 3.05) is 10.6 Å². The van der Waals surface area contributed by atoms with Gasteiger partial charge in [-0.25, -0.2) is 9.59 Å². The van der Waals surface area contributed by atoms with Crippen molar-refractivity contribution in [2.45, 2.75) is 118 Å². The van der Waals surface area contributed by atoms with E-state index in [-0.39, 0.29) is 0 Å². The number of carbonyl (C=O) groups is 4. The molecule has 0 aliphatic rings. The lowest BCUT2D eigenvalue weighted by atomic mass is 9.88. The van der Waals surface area contributed by atoms with Crippen molar-refractivity contribution >= 4 is 75.4 Å². The first kappa shape index (κ1) is 47.2. The molecule has 0 aliphatic heterocycles. The SMILES string of the molecule is CCC[C@H](NC(=O)Nc1ccc(Br)cc1)C(=O)NC(O[PH](=O)OC(NC(=O)[C@H](CCC)NC(=O)Nc1ccc(Br)cc1)(C(C)C)C(C)C)(C(C)C)C(C)C. The first-order valence-corrected chi connectivity index (χ1v) is 21.3. The number of anilines is 2. The third-order valence-corrected chi connectivity index (χ3v) is 11.2. The van der Waals surface area contributed by atoms with Crippen LogP contribution in [0.1, 0.15) is 94.9 Å². The highest BCUT2D eigenvalue weighted by molar-refractivity contribution is 9.10. The number of rotatable bonds is 20. The molecular formula is C38H59Br2N6O7P. The van der Waals surface area contributed by atoms with Gasteiger partial charge in [0.15, 0.2) is 11.4 Å². The predicted octanol–water partition coefficient (Wildman–Crippen LogP) is 9.16. The molecule has 0 fully saturated rings. The zero-order chi connectivity index (χ0) is 40.8. The van der Waals surface area contributed by atoms with E-state index in [2.05, 4.69) is 63.8 Å². The number of amides is 6. The van der Waals surface area contributed by atoms with Crippen LogP contribution in [0, 0.1) is 23.7 Å². The normalized spacial score (nSPS) is 13.2. The maximum Gasteiger partial charge on any atom is 0.323 e.